The minimum Gasteiger partial charge on any atom is -0.485 e. The number of carbonyl (C=O) groups excluding carboxylic acids is 1. The largest absolute Gasteiger partial charge is 0.485 e. The minimum atomic E-state index is -0.958. The highest BCUT2D eigenvalue weighted by Gasteiger charge is 2.39. The number of hydrogen-bond acceptors (Lipinski definition) is 4. The molecule has 7 heteroatoms. The van der Waals surface area contributed by atoms with Gasteiger partial charge in [0.1, 0.15) is 18.0 Å². The molecule has 0 aromatic heterocycles. The van der Waals surface area contributed by atoms with Crippen molar-refractivity contribution in [3.63, 3.8) is 0 Å². The number of carbonyl (C=O) groups is 1. The third-order valence-corrected chi connectivity index (χ3v) is 6.16. The molecule has 0 bridgehead atoms. The molecule has 0 radical (unpaired) electrons. The maximum Gasteiger partial charge on any atom is 0.410 e. The molecule has 5 nitrogen and oxygen atoms in total. The van der Waals surface area contributed by atoms with Gasteiger partial charge in [-0.05, 0) is 64.7 Å². The number of amides is 1. The summed E-state index contributed by atoms with van der Waals surface area (Å²) in [5.74, 6) is 1.12. The van der Waals surface area contributed by atoms with Gasteiger partial charge in [0.15, 0.2) is 17.1 Å². The van der Waals surface area contributed by atoms with Gasteiger partial charge in [0, 0.05) is 29.2 Å². The van der Waals surface area contributed by atoms with Crippen molar-refractivity contribution in [1.29, 1.82) is 0 Å². The molecule has 0 N–H and O–H groups in total. The number of fused-ring (bicyclic) bond motifs is 1. The van der Waals surface area contributed by atoms with Crippen molar-refractivity contribution >= 4 is 17.7 Å². The molecule has 0 aliphatic carbocycles. The van der Waals surface area contributed by atoms with Crippen LogP contribution < -0.4 is 9.47 Å². The summed E-state index contributed by atoms with van der Waals surface area (Å²) < 4.78 is 32.5. The highest BCUT2D eigenvalue weighted by atomic mass is 35.5. The monoisotopic (exact) mass is 461 g/mol. The van der Waals surface area contributed by atoms with Gasteiger partial charge in [0.2, 0.25) is 0 Å². The summed E-state index contributed by atoms with van der Waals surface area (Å²) in [6.07, 6.45) is 1.34. The van der Waals surface area contributed by atoms with E-state index in [0.29, 0.717) is 35.2 Å². The van der Waals surface area contributed by atoms with Crippen LogP contribution in [-0.2, 0) is 10.3 Å². The number of halogens is 2. The second-order valence-electron chi connectivity index (χ2n) is 9.66. The van der Waals surface area contributed by atoms with E-state index in [-0.39, 0.29) is 18.6 Å². The van der Waals surface area contributed by atoms with Gasteiger partial charge in [0.25, 0.3) is 0 Å². The second kappa shape index (κ2) is 8.47. The van der Waals surface area contributed by atoms with Crippen LogP contribution in [0.4, 0.5) is 9.18 Å². The lowest BCUT2D eigenvalue weighted by atomic mass is 9.88. The Balaban J connectivity index is 1.49. The van der Waals surface area contributed by atoms with Gasteiger partial charge in [0.05, 0.1) is 0 Å². The van der Waals surface area contributed by atoms with E-state index >= 15 is 0 Å². The molecular formula is C25H29ClFNO4. The average molecular weight is 462 g/mol. The minimum absolute atomic E-state index is 0.187. The Hall–Kier alpha value is -2.47. The molecule has 2 heterocycles. The van der Waals surface area contributed by atoms with Gasteiger partial charge in [-0.1, -0.05) is 29.8 Å². The predicted molar refractivity (Wildman–Crippen MR) is 121 cm³/mol. The van der Waals surface area contributed by atoms with Crippen LogP contribution in [0.1, 0.15) is 57.6 Å². The summed E-state index contributed by atoms with van der Waals surface area (Å²) in [6, 6.07) is 10.4. The van der Waals surface area contributed by atoms with E-state index in [9.17, 15) is 9.18 Å². The van der Waals surface area contributed by atoms with Crippen molar-refractivity contribution in [1.82, 2.24) is 4.90 Å². The molecule has 0 saturated carbocycles. The number of nitrogens with zero attached hydrogens (tertiary/aromatic N) is 1. The van der Waals surface area contributed by atoms with Crippen LogP contribution >= 0.6 is 11.6 Å². The van der Waals surface area contributed by atoms with Crippen LogP contribution in [0, 0.1) is 5.82 Å². The van der Waals surface area contributed by atoms with Crippen molar-refractivity contribution in [2.24, 2.45) is 0 Å². The highest BCUT2D eigenvalue weighted by Crippen LogP contribution is 2.46. The summed E-state index contributed by atoms with van der Waals surface area (Å²) in [7, 11) is 0. The summed E-state index contributed by atoms with van der Waals surface area (Å²) >= 11 is 5.91. The Morgan fingerprint density at radius 3 is 2.59 bits per heavy atom. The van der Waals surface area contributed by atoms with Gasteiger partial charge < -0.3 is 19.1 Å². The zero-order valence-electron chi connectivity index (χ0n) is 18.9. The van der Waals surface area contributed by atoms with Crippen molar-refractivity contribution in [2.45, 2.75) is 57.7 Å². The SMILES string of the molecule is CC(C)(C)OC(=O)N1CCC(c2cccc3c2OCC(C)(c2ccc(Cl)cc2F)O3)CC1. The van der Waals surface area contributed by atoms with Crippen LogP contribution in [-0.4, -0.2) is 36.3 Å². The van der Waals surface area contributed by atoms with E-state index in [1.807, 2.05) is 45.9 Å². The molecule has 1 fully saturated rings. The first-order valence-electron chi connectivity index (χ1n) is 10.9. The number of ether oxygens (including phenoxy) is 3. The predicted octanol–water partition coefficient (Wildman–Crippen LogP) is 6.28. The van der Waals surface area contributed by atoms with Crippen LogP contribution in [0.5, 0.6) is 11.5 Å². The van der Waals surface area contributed by atoms with Crippen LogP contribution in [0.2, 0.25) is 5.02 Å². The van der Waals surface area contributed by atoms with E-state index < -0.39 is 17.0 Å². The first-order chi connectivity index (χ1) is 15.1. The van der Waals surface area contributed by atoms with Gasteiger partial charge in [-0.15, -0.1) is 0 Å². The molecule has 2 aromatic rings. The summed E-state index contributed by atoms with van der Waals surface area (Å²) in [5.41, 5.74) is 0.00220. The highest BCUT2D eigenvalue weighted by molar-refractivity contribution is 6.30. The standard InChI is InChI=1S/C25H29ClFNO4/c1-24(2,3)32-23(29)28-12-10-16(11-13-28)18-6-5-7-21-22(18)30-15-25(4,31-21)19-9-8-17(26)14-20(19)27/h5-9,14,16H,10-13,15H2,1-4H3. The van der Waals surface area contributed by atoms with E-state index in [2.05, 4.69) is 0 Å². The zero-order valence-corrected chi connectivity index (χ0v) is 19.7. The zero-order chi connectivity index (χ0) is 23.1. The van der Waals surface area contributed by atoms with Crippen LogP contribution in [0.15, 0.2) is 36.4 Å². The summed E-state index contributed by atoms with van der Waals surface area (Å²) in [6.45, 7) is 8.86. The van der Waals surface area contributed by atoms with E-state index in [4.69, 9.17) is 25.8 Å². The lowest BCUT2D eigenvalue weighted by molar-refractivity contribution is -0.00155. The first-order valence-corrected chi connectivity index (χ1v) is 11.3. The molecule has 2 aromatic carbocycles. The number of hydrogen-bond donors (Lipinski definition) is 0. The molecule has 32 heavy (non-hydrogen) atoms. The van der Waals surface area contributed by atoms with Gasteiger partial charge in [-0.3, -0.25) is 0 Å². The Bertz CT molecular complexity index is 1010. The fourth-order valence-corrected chi connectivity index (χ4v) is 4.48. The number of likely N-dealkylation sites (tertiary alicyclic amines) is 1. The molecule has 2 aliphatic rings. The molecule has 0 spiro atoms. The fourth-order valence-electron chi connectivity index (χ4n) is 4.32. The number of rotatable bonds is 2. The molecule has 4 rings (SSSR count). The Morgan fingerprint density at radius 2 is 1.94 bits per heavy atom. The lowest BCUT2D eigenvalue weighted by Crippen LogP contribution is -2.42. The van der Waals surface area contributed by atoms with Crippen LogP contribution in [0.25, 0.3) is 0 Å². The molecule has 1 atom stereocenters. The Labute approximate surface area is 193 Å². The topological polar surface area (TPSA) is 48.0 Å². The normalized spacial score (nSPS) is 21.4. The molecule has 172 valence electrons. The lowest BCUT2D eigenvalue weighted by Gasteiger charge is -2.38. The third-order valence-electron chi connectivity index (χ3n) is 5.92. The Kier molecular flexibility index (Phi) is 6.01. The summed E-state index contributed by atoms with van der Waals surface area (Å²) in [5, 5.41) is 0.340. The molecular weight excluding hydrogens is 433 g/mol. The molecule has 1 amide bonds. The van der Waals surface area contributed by atoms with Gasteiger partial charge >= 0.3 is 6.09 Å². The van der Waals surface area contributed by atoms with Crippen molar-refractivity contribution in [3.05, 3.63) is 58.4 Å². The van der Waals surface area contributed by atoms with Crippen molar-refractivity contribution in [2.75, 3.05) is 19.7 Å². The third kappa shape index (κ3) is 4.65. The van der Waals surface area contributed by atoms with Crippen molar-refractivity contribution in [3.8, 4) is 11.5 Å². The number of piperidine rings is 1. The van der Waals surface area contributed by atoms with Gasteiger partial charge in [-0.25, -0.2) is 9.18 Å². The maximum atomic E-state index is 14.6. The quantitative estimate of drug-likeness (QED) is 0.528. The van der Waals surface area contributed by atoms with Gasteiger partial charge in [-0.2, -0.15) is 0 Å². The molecule has 1 unspecified atom stereocenters. The summed E-state index contributed by atoms with van der Waals surface area (Å²) in [4.78, 5) is 14.1. The molecule has 1 saturated heterocycles. The van der Waals surface area contributed by atoms with Crippen LogP contribution in [0.3, 0.4) is 0 Å². The fraction of sp³-hybridized carbons (Fsp3) is 0.480. The first kappa shape index (κ1) is 22.7. The van der Waals surface area contributed by atoms with Crippen molar-refractivity contribution < 1.29 is 23.4 Å². The number of para-hydroxylation sites is 1. The van der Waals surface area contributed by atoms with E-state index in [0.717, 1.165) is 18.4 Å². The second-order valence-corrected chi connectivity index (χ2v) is 10.1. The Morgan fingerprint density at radius 1 is 1.22 bits per heavy atom. The smallest absolute Gasteiger partial charge is 0.410 e. The molecule has 2 aliphatic heterocycles. The average Bonchev–Trinajstić information content (AvgIpc) is 2.72. The maximum absolute atomic E-state index is 14.6. The van der Waals surface area contributed by atoms with E-state index in [1.54, 1.807) is 17.0 Å². The number of benzene rings is 2. The van der Waals surface area contributed by atoms with E-state index in [1.165, 1.54) is 6.07 Å².